The first kappa shape index (κ1) is 21.0. The molecule has 0 aliphatic carbocycles. The largest absolute Gasteiger partial charge is 0.484 e. The monoisotopic (exact) mass is 378 g/mol. The van der Waals surface area contributed by atoms with Gasteiger partial charge in [-0.3, -0.25) is 10.1 Å². The van der Waals surface area contributed by atoms with E-state index >= 15 is 0 Å². The molecule has 7 heteroatoms. The van der Waals surface area contributed by atoms with Gasteiger partial charge >= 0.3 is 11.8 Å². The van der Waals surface area contributed by atoms with Crippen molar-refractivity contribution in [3.05, 3.63) is 33.4 Å². The van der Waals surface area contributed by atoms with Crippen molar-refractivity contribution < 1.29 is 19.2 Å². The van der Waals surface area contributed by atoms with E-state index in [0.29, 0.717) is 18.8 Å². The Labute approximate surface area is 160 Å². The molecule has 1 fully saturated rings. The van der Waals surface area contributed by atoms with E-state index in [1.165, 1.54) is 0 Å². The zero-order valence-corrected chi connectivity index (χ0v) is 17.1. The van der Waals surface area contributed by atoms with Gasteiger partial charge in [-0.2, -0.15) is 0 Å². The van der Waals surface area contributed by atoms with Crippen molar-refractivity contribution in [1.82, 2.24) is 4.90 Å². The van der Waals surface area contributed by atoms with Crippen LogP contribution in [0.25, 0.3) is 0 Å². The Morgan fingerprint density at radius 2 is 1.85 bits per heavy atom. The van der Waals surface area contributed by atoms with Crippen LogP contribution in [0.1, 0.15) is 64.5 Å². The minimum absolute atomic E-state index is 0.00357. The highest BCUT2D eigenvalue weighted by molar-refractivity contribution is 5.68. The van der Waals surface area contributed by atoms with Crippen LogP contribution in [-0.4, -0.2) is 40.7 Å². The fraction of sp³-hybridized carbons (Fsp3) is 0.650. The molecule has 0 spiro atoms. The number of amides is 1. The van der Waals surface area contributed by atoms with E-state index in [4.69, 9.17) is 9.47 Å². The number of hydrogen-bond donors (Lipinski definition) is 0. The predicted molar refractivity (Wildman–Crippen MR) is 103 cm³/mol. The third-order valence-corrected chi connectivity index (χ3v) is 4.49. The van der Waals surface area contributed by atoms with E-state index in [2.05, 4.69) is 0 Å². The number of aryl methyl sites for hydroxylation is 1. The van der Waals surface area contributed by atoms with Crippen LogP contribution >= 0.6 is 0 Å². The number of benzene rings is 1. The molecule has 0 aromatic heterocycles. The Kier molecular flexibility index (Phi) is 6.34. The van der Waals surface area contributed by atoms with Crippen LogP contribution in [-0.2, 0) is 4.74 Å². The molecule has 1 aromatic rings. The molecule has 1 amide bonds. The third kappa shape index (κ3) is 5.58. The van der Waals surface area contributed by atoms with E-state index in [1.54, 1.807) is 17.0 Å². The van der Waals surface area contributed by atoms with Gasteiger partial charge in [0.2, 0.25) is 0 Å². The van der Waals surface area contributed by atoms with Crippen LogP contribution in [0.4, 0.5) is 10.5 Å². The molecule has 1 aliphatic heterocycles. The summed E-state index contributed by atoms with van der Waals surface area (Å²) in [7, 11) is 0. The van der Waals surface area contributed by atoms with E-state index in [9.17, 15) is 14.9 Å². The molecule has 0 radical (unpaired) electrons. The summed E-state index contributed by atoms with van der Waals surface area (Å²) in [6.07, 6.45) is 1.15. The maximum Gasteiger partial charge on any atom is 0.410 e. The second-order valence-corrected chi connectivity index (χ2v) is 8.34. The lowest BCUT2D eigenvalue weighted by Gasteiger charge is -2.34. The van der Waals surface area contributed by atoms with Crippen molar-refractivity contribution in [3.8, 4) is 5.75 Å². The number of carbonyl (C=O) groups is 1. The Morgan fingerprint density at radius 1 is 1.26 bits per heavy atom. The molecule has 2 rings (SSSR count). The average Bonchev–Trinajstić information content (AvgIpc) is 2.54. The van der Waals surface area contributed by atoms with Crippen LogP contribution in [0, 0.1) is 17.0 Å². The van der Waals surface area contributed by atoms with Crippen LogP contribution in [0.15, 0.2) is 12.1 Å². The molecular weight excluding hydrogens is 348 g/mol. The van der Waals surface area contributed by atoms with Crippen molar-refractivity contribution in [2.45, 2.75) is 72.0 Å². The van der Waals surface area contributed by atoms with Crippen LogP contribution < -0.4 is 4.74 Å². The normalized spacial score (nSPS) is 15.7. The molecule has 0 atom stereocenters. The first-order chi connectivity index (χ1) is 12.5. The van der Waals surface area contributed by atoms with Gasteiger partial charge in [0.05, 0.1) is 11.0 Å². The van der Waals surface area contributed by atoms with Crippen molar-refractivity contribution in [3.63, 3.8) is 0 Å². The number of likely N-dealkylation sites (tertiary alicyclic amines) is 1. The number of ether oxygens (including phenoxy) is 2. The lowest BCUT2D eigenvalue weighted by atomic mass is 9.86. The van der Waals surface area contributed by atoms with Gasteiger partial charge in [-0.25, -0.2) is 4.79 Å². The summed E-state index contributed by atoms with van der Waals surface area (Å²) in [5.74, 6) is 0.546. The molecular formula is C20H30N2O5. The summed E-state index contributed by atoms with van der Waals surface area (Å²) in [5.41, 5.74) is 1.43. The second kappa shape index (κ2) is 8.15. The van der Waals surface area contributed by atoms with Gasteiger partial charge in [-0.1, -0.05) is 0 Å². The number of rotatable bonds is 4. The molecule has 1 aliphatic rings. The van der Waals surface area contributed by atoms with E-state index in [-0.39, 0.29) is 23.8 Å². The van der Waals surface area contributed by atoms with E-state index in [0.717, 1.165) is 24.0 Å². The Bertz CT molecular complexity index is 701. The van der Waals surface area contributed by atoms with Crippen molar-refractivity contribution >= 4 is 11.8 Å². The molecule has 150 valence electrons. The van der Waals surface area contributed by atoms with Crippen LogP contribution in [0.5, 0.6) is 5.75 Å². The highest BCUT2D eigenvalue weighted by Gasteiger charge is 2.29. The predicted octanol–water partition coefficient (Wildman–Crippen LogP) is 4.80. The zero-order chi connectivity index (χ0) is 20.4. The Balaban J connectivity index is 2.15. The summed E-state index contributed by atoms with van der Waals surface area (Å²) in [4.78, 5) is 24.9. The van der Waals surface area contributed by atoms with Gasteiger partial charge in [0.1, 0.15) is 5.60 Å². The number of piperidine rings is 1. The number of carbonyl (C=O) groups excluding carboxylic acids is 1. The van der Waals surface area contributed by atoms with Gasteiger partial charge in [0.15, 0.2) is 5.75 Å². The molecule has 7 nitrogen and oxygen atoms in total. The van der Waals surface area contributed by atoms with Crippen molar-refractivity contribution in [1.29, 1.82) is 0 Å². The molecule has 0 saturated carbocycles. The highest BCUT2D eigenvalue weighted by atomic mass is 16.6. The molecule has 1 saturated heterocycles. The van der Waals surface area contributed by atoms with Crippen LogP contribution in [0.2, 0.25) is 0 Å². The summed E-state index contributed by atoms with van der Waals surface area (Å²) in [5, 5.41) is 11.3. The molecule has 0 bridgehead atoms. The molecule has 0 unspecified atom stereocenters. The number of nitrogens with zero attached hydrogens (tertiary/aromatic N) is 2. The second-order valence-electron chi connectivity index (χ2n) is 8.34. The lowest BCUT2D eigenvalue weighted by Crippen LogP contribution is -2.41. The van der Waals surface area contributed by atoms with Crippen molar-refractivity contribution in [2.24, 2.45) is 0 Å². The topological polar surface area (TPSA) is 81.9 Å². The standard InChI is InChI=1S/C20H30N2O5/c1-13(2)26-18-12-16(14(3)11-17(18)22(24)25)15-7-9-21(10-8-15)19(23)27-20(4,5)6/h11-13,15H,7-10H2,1-6H3. The van der Waals surface area contributed by atoms with Gasteiger partial charge in [0, 0.05) is 19.2 Å². The van der Waals surface area contributed by atoms with Gasteiger partial charge in [-0.15, -0.1) is 0 Å². The number of nitro benzene ring substituents is 1. The highest BCUT2D eigenvalue weighted by Crippen LogP contribution is 2.38. The van der Waals surface area contributed by atoms with Gasteiger partial charge in [-0.05, 0) is 77.5 Å². The molecule has 27 heavy (non-hydrogen) atoms. The third-order valence-electron chi connectivity index (χ3n) is 4.49. The van der Waals surface area contributed by atoms with Gasteiger partial charge < -0.3 is 14.4 Å². The minimum atomic E-state index is -0.508. The first-order valence-electron chi connectivity index (χ1n) is 9.41. The van der Waals surface area contributed by atoms with Crippen molar-refractivity contribution in [2.75, 3.05) is 13.1 Å². The Hall–Kier alpha value is -2.31. The quantitative estimate of drug-likeness (QED) is 0.555. The fourth-order valence-electron chi connectivity index (χ4n) is 3.32. The summed E-state index contributed by atoms with van der Waals surface area (Å²) >= 11 is 0. The lowest BCUT2D eigenvalue weighted by molar-refractivity contribution is -0.386. The SMILES string of the molecule is Cc1cc([N+](=O)[O-])c(OC(C)C)cc1C1CCN(C(=O)OC(C)(C)C)CC1. The number of hydrogen-bond acceptors (Lipinski definition) is 5. The zero-order valence-electron chi connectivity index (χ0n) is 17.1. The molecule has 0 N–H and O–H groups in total. The van der Waals surface area contributed by atoms with E-state index in [1.807, 2.05) is 41.5 Å². The number of nitro groups is 1. The summed E-state index contributed by atoms with van der Waals surface area (Å²) in [6.45, 7) is 12.4. The first-order valence-corrected chi connectivity index (χ1v) is 9.41. The summed E-state index contributed by atoms with van der Waals surface area (Å²) < 4.78 is 11.1. The van der Waals surface area contributed by atoms with E-state index < -0.39 is 10.5 Å². The van der Waals surface area contributed by atoms with Crippen LogP contribution in [0.3, 0.4) is 0 Å². The Morgan fingerprint density at radius 3 is 2.33 bits per heavy atom. The van der Waals surface area contributed by atoms with Gasteiger partial charge in [0.25, 0.3) is 0 Å². The fourth-order valence-corrected chi connectivity index (χ4v) is 3.32. The maximum atomic E-state index is 12.2. The smallest absolute Gasteiger partial charge is 0.410 e. The minimum Gasteiger partial charge on any atom is -0.484 e. The maximum absolute atomic E-state index is 12.2. The summed E-state index contributed by atoms with van der Waals surface area (Å²) in [6, 6.07) is 3.40. The molecule has 1 aromatic carbocycles. The molecule has 1 heterocycles. The average molecular weight is 378 g/mol.